The fourth-order valence-corrected chi connectivity index (χ4v) is 6.11. The molecule has 0 bridgehead atoms. The number of aliphatic hydroxyl groups is 1. The number of aromatic nitrogens is 2. The van der Waals surface area contributed by atoms with Crippen LogP contribution in [0, 0.1) is 11.8 Å². The Balaban J connectivity index is 1.27. The molecule has 0 spiro atoms. The summed E-state index contributed by atoms with van der Waals surface area (Å²) in [7, 11) is 0. The number of amides is 1. The first-order chi connectivity index (χ1) is 13.6. The summed E-state index contributed by atoms with van der Waals surface area (Å²) in [6.45, 7) is 3.64. The molecule has 3 fully saturated rings. The summed E-state index contributed by atoms with van der Waals surface area (Å²) < 4.78 is 2.02. The van der Waals surface area contributed by atoms with Crippen LogP contribution in [0.1, 0.15) is 25.7 Å². The van der Waals surface area contributed by atoms with Gasteiger partial charge in [0, 0.05) is 19.1 Å². The highest BCUT2D eigenvalue weighted by Gasteiger charge is 2.44. The Morgan fingerprint density at radius 1 is 1.21 bits per heavy atom. The summed E-state index contributed by atoms with van der Waals surface area (Å²) in [4.78, 5) is 34.0. The lowest BCUT2D eigenvalue weighted by atomic mass is 9.77. The highest BCUT2D eigenvalue weighted by molar-refractivity contribution is 7.17. The molecule has 2 saturated heterocycles. The van der Waals surface area contributed by atoms with Gasteiger partial charge in [0.15, 0.2) is 0 Å². The standard InChI is InChI=1S/C20H26N4O3S/c25-17-8-14-10-23(9-13(14)7-16(17)22-4-1-2-5-22)18(26)11-24-12-21-15-3-6-28-19(15)20(24)27/h3,6,12-14,16-17,25H,1-2,4-5,7-11H2/t13-,14+,16-,17-/m1/s1. The van der Waals surface area contributed by atoms with Gasteiger partial charge in [-0.3, -0.25) is 19.1 Å². The van der Waals surface area contributed by atoms with Crippen molar-refractivity contribution in [3.05, 3.63) is 28.1 Å². The van der Waals surface area contributed by atoms with E-state index in [1.54, 1.807) is 0 Å². The number of rotatable bonds is 3. The van der Waals surface area contributed by atoms with E-state index < -0.39 is 0 Å². The van der Waals surface area contributed by atoms with E-state index in [2.05, 4.69) is 9.88 Å². The summed E-state index contributed by atoms with van der Waals surface area (Å²) in [6, 6.07) is 2.06. The first-order valence-electron chi connectivity index (χ1n) is 10.2. The second-order valence-corrected chi connectivity index (χ2v) is 9.40. The molecule has 1 N–H and O–H groups in total. The highest BCUT2D eigenvalue weighted by atomic mass is 32.1. The average molecular weight is 403 g/mol. The van der Waals surface area contributed by atoms with E-state index in [9.17, 15) is 14.7 Å². The number of fused-ring (bicyclic) bond motifs is 2. The zero-order chi connectivity index (χ0) is 19.3. The number of hydrogen-bond acceptors (Lipinski definition) is 6. The second kappa shape index (κ2) is 7.24. The van der Waals surface area contributed by atoms with Crippen LogP contribution in [0.25, 0.3) is 10.2 Å². The monoisotopic (exact) mass is 402 g/mol. The molecule has 1 aliphatic carbocycles. The van der Waals surface area contributed by atoms with E-state index in [0.717, 1.165) is 32.5 Å². The third-order valence-electron chi connectivity index (χ3n) is 6.81. The number of likely N-dealkylation sites (tertiary alicyclic amines) is 2. The second-order valence-electron chi connectivity index (χ2n) is 8.48. The summed E-state index contributed by atoms with van der Waals surface area (Å²) >= 11 is 1.36. The number of nitrogens with zero attached hydrogens (tertiary/aromatic N) is 4. The summed E-state index contributed by atoms with van der Waals surface area (Å²) in [6.07, 6.45) is 5.38. The largest absolute Gasteiger partial charge is 0.391 e. The maximum atomic E-state index is 12.9. The van der Waals surface area contributed by atoms with Crippen molar-refractivity contribution in [3.8, 4) is 0 Å². The van der Waals surface area contributed by atoms with Gasteiger partial charge in [-0.2, -0.15) is 0 Å². The van der Waals surface area contributed by atoms with Gasteiger partial charge in [0.25, 0.3) is 5.56 Å². The highest BCUT2D eigenvalue weighted by Crippen LogP contribution is 2.39. The number of aliphatic hydroxyl groups excluding tert-OH is 1. The molecule has 8 heteroatoms. The van der Waals surface area contributed by atoms with Gasteiger partial charge in [-0.05, 0) is 62.1 Å². The van der Waals surface area contributed by atoms with Crippen LogP contribution in [0.3, 0.4) is 0 Å². The molecule has 0 unspecified atom stereocenters. The Labute approximate surface area is 167 Å². The van der Waals surface area contributed by atoms with Crippen molar-refractivity contribution >= 4 is 27.5 Å². The number of thiophene rings is 1. The van der Waals surface area contributed by atoms with Crippen molar-refractivity contribution in [1.29, 1.82) is 0 Å². The molecular weight excluding hydrogens is 376 g/mol. The Hall–Kier alpha value is -1.77. The summed E-state index contributed by atoms with van der Waals surface area (Å²) in [5.74, 6) is 0.793. The number of hydrogen-bond donors (Lipinski definition) is 1. The Bertz CT molecular complexity index is 935. The molecule has 7 nitrogen and oxygen atoms in total. The normalized spacial score (nSPS) is 30.8. The van der Waals surface area contributed by atoms with Gasteiger partial charge in [-0.25, -0.2) is 4.98 Å². The van der Waals surface area contributed by atoms with E-state index in [0.29, 0.717) is 28.6 Å². The molecule has 2 aromatic heterocycles. The minimum atomic E-state index is -0.289. The molecule has 5 rings (SSSR count). The van der Waals surface area contributed by atoms with Crippen LogP contribution in [-0.2, 0) is 11.3 Å². The third-order valence-corrected chi connectivity index (χ3v) is 7.70. The third kappa shape index (κ3) is 3.17. The molecule has 3 aliphatic rings. The van der Waals surface area contributed by atoms with Gasteiger partial charge in [0.2, 0.25) is 5.91 Å². The van der Waals surface area contributed by atoms with E-state index in [1.807, 2.05) is 16.3 Å². The molecule has 1 saturated carbocycles. The smallest absolute Gasteiger partial charge is 0.271 e. The number of carbonyl (C=O) groups is 1. The van der Waals surface area contributed by atoms with Crippen molar-refractivity contribution in [2.24, 2.45) is 11.8 Å². The minimum Gasteiger partial charge on any atom is -0.391 e. The maximum Gasteiger partial charge on any atom is 0.271 e. The lowest BCUT2D eigenvalue weighted by Crippen LogP contribution is -2.48. The van der Waals surface area contributed by atoms with Crippen molar-refractivity contribution in [3.63, 3.8) is 0 Å². The summed E-state index contributed by atoms with van der Waals surface area (Å²) in [5, 5.41) is 12.5. The Kier molecular flexibility index (Phi) is 4.72. The van der Waals surface area contributed by atoms with Crippen LogP contribution < -0.4 is 5.56 Å². The first kappa shape index (κ1) is 18.3. The van der Waals surface area contributed by atoms with E-state index in [-0.39, 0.29) is 30.2 Å². The molecule has 0 aromatic carbocycles. The molecule has 4 atom stereocenters. The molecule has 28 heavy (non-hydrogen) atoms. The molecule has 2 aromatic rings. The van der Waals surface area contributed by atoms with Crippen molar-refractivity contribution in [2.45, 2.75) is 44.4 Å². The van der Waals surface area contributed by atoms with Crippen molar-refractivity contribution in [1.82, 2.24) is 19.4 Å². The van der Waals surface area contributed by atoms with Crippen molar-refractivity contribution < 1.29 is 9.90 Å². The van der Waals surface area contributed by atoms with Gasteiger partial charge in [-0.1, -0.05) is 0 Å². The van der Waals surface area contributed by atoms with Crippen LogP contribution in [0.4, 0.5) is 0 Å². The van der Waals surface area contributed by atoms with Gasteiger partial charge in [0.1, 0.15) is 11.2 Å². The van der Waals surface area contributed by atoms with Crippen LogP contribution >= 0.6 is 11.3 Å². The minimum absolute atomic E-state index is 0.0265. The van der Waals surface area contributed by atoms with E-state index >= 15 is 0 Å². The van der Waals surface area contributed by atoms with Crippen LogP contribution in [-0.4, -0.2) is 68.7 Å². The quantitative estimate of drug-likeness (QED) is 0.833. The predicted molar refractivity (Wildman–Crippen MR) is 107 cm³/mol. The lowest BCUT2D eigenvalue weighted by Gasteiger charge is -2.40. The van der Waals surface area contributed by atoms with E-state index in [4.69, 9.17) is 0 Å². The van der Waals surface area contributed by atoms with Gasteiger partial charge < -0.3 is 10.0 Å². The van der Waals surface area contributed by atoms with E-state index in [1.165, 1.54) is 35.1 Å². The molecular formula is C20H26N4O3S. The van der Waals surface area contributed by atoms with Gasteiger partial charge >= 0.3 is 0 Å². The zero-order valence-corrected chi connectivity index (χ0v) is 16.7. The van der Waals surface area contributed by atoms with Crippen LogP contribution in [0.2, 0.25) is 0 Å². The lowest BCUT2D eigenvalue weighted by molar-refractivity contribution is -0.131. The average Bonchev–Trinajstić information content (AvgIpc) is 3.43. The van der Waals surface area contributed by atoms with Gasteiger partial charge in [-0.15, -0.1) is 11.3 Å². The molecule has 0 radical (unpaired) electrons. The SMILES string of the molecule is O=C(Cn1cnc2ccsc2c1=O)N1C[C@H]2C[C@@H](N3CCCC3)[C@H](O)C[C@H]2C1. The molecule has 2 aliphatic heterocycles. The molecule has 1 amide bonds. The topological polar surface area (TPSA) is 78.7 Å². The predicted octanol–water partition coefficient (Wildman–Crippen LogP) is 1.15. The molecule has 4 heterocycles. The zero-order valence-electron chi connectivity index (χ0n) is 15.9. The first-order valence-corrected chi connectivity index (χ1v) is 11.1. The van der Waals surface area contributed by atoms with Crippen molar-refractivity contribution in [2.75, 3.05) is 26.2 Å². The van der Waals surface area contributed by atoms with Crippen LogP contribution in [0.15, 0.2) is 22.6 Å². The Morgan fingerprint density at radius 2 is 1.96 bits per heavy atom. The fraction of sp³-hybridized carbons (Fsp3) is 0.650. The van der Waals surface area contributed by atoms with Gasteiger partial charge in [0.05, 0.1) is 17.9 Å². The number of carbonyl (C=O) groups excluding carboxylic acids is 1. The molecule has 150 valence electrons. The maximum absolute atomic E-state index is 12.9. The Morgan fingerprint density at radius 3 is 2.75 bits per heavy atom. The van der Waals surface area contributed by atoms with Crippen LogP contribution in [0.5, 0.6) is 0 Å². The fourth-order valence-electron chi connectivity index (χ4n) is 5.31. The summed E-state index contributed by atoms with van der Waals surface area (Å²) in [5.41, 5.74) is 0.544.